The molecular formula is C24H35Cl2N3O4. The maximum atomic E-state index is 12.1. The molecule has 0 radical (unpaired) electrons. The third kappa shape index (κ3) is 6.98. The fourth-order valence-corrected chi connectivity index (χ4v) is 4.95. The van der Waals surface area contributed by atoms with Crippen LogP contribution in [0.1, 0.15) is 52.0 Å². The molecule has 184 valence electrons. The Balaban J connectivity index is 1.86. The fourth-order valence-electron chi connectivity index (χ4n) is 4.65. The van der Waals surface area contributed by atoms with Crippen LogP contribution < -0.4 is 5.32 Å². The Morgan fingerprint density at radius 1 is 1.15 bits per heavy atom. The normalized spacial score (nSPS) is 25.5. The molecule has 0 aromatic heterocycles. The molecule has 0 aliphatic carbocycles. The van der Waals surface area contributed by atoms with Crippen LogP contribution in [0.3, 0.4) is 0 Å². The zero-order valence-corrected chi connectivity index (χ0v) is 21.3. The van der Waals surface area contributed by atoms with Gasteiger partial charge in [-0.25, -0.2) is 4.79 Å². The number of piperidine rings is 1. The summed E-state index contributed by atoms with van der Waals surface area (Å²) in [5.41, 5.74) is 0.694. The number of carbonyl (C=O) groups is 2. The van der Waals surface area contributed by atoms with Crippen LogP contribution in [0, 0.1) is 5.41 Å². The number of likely N-dealkylation sites (tertiary alicyclic amines) is 1. The minimum atomic E-state index is -0.949. The first-order valence-electron chi connectivity index (χ1n) is 11.5. The molecule has 2 saturated heterocycles. The van der Waals surface area contributed by atoms with Gasteiger partial charge in [-0.3, -0.25) is 4.79 Å². The van der Waals surface area contributed by atoms with Crippen molar-refractivity contribution in [2.24, 2.45) is 5.41 Å². The first-order chi connectivity index (χ1) is 15.4. The molecule has 2 amide bonds. The Hall–Kier alpha value is -1.54. The molecule has 2 N–H and O–H groups in total. The van der Waals surface area contributed by atoms with Crippen LogP contribution in [0.5, 0.6) is 0 Å². The molecule has 2 aliphatic heterocycles. The lowest BCUT2D eigenvalue weighted by Gasteiger charge is -2.38. The van der Waals surface area contributed by atoms with Gasteiger partial charge in [-0.05, 0) is 36.0 Å². The van der Waals surface area contributed by atoms with Gasteiger partial charge in [0, 0.05) is 45.1 Å². The highest BCUT2D eigenvalue weighted by molar-refractivity contribution is 6.42. The van der Waals surface area contributed by atoms with E-state index in [4.69, 9.17) is 27.9 Å². The monoisotopic (exact) mass is 499 g/mol. The van der Waals surface area contributed by atoms with E-state index in [1.807, 2.05) is 12.1 Å². The van der Waals surface area contributed by atoms with Crippen molar-refractivity contribution in [3.63, 3.8) is 0 Å². The van der Waals surface area contributed by atoms with Crippen molar-refractivity contribution in [2.45, 2.75) is 64.7 Å². The van der Waals surface area contributed by atoms with E-state index in [1.54, 1.807) is 13.0 Å². The first-order valence-corrected chi connectivity index (χ1v) is 12.3. The van der Waals surface area contributed by atoms with Crippen LogP contribution in [0.15, 0.2) is 18.2 Å². The lowest BCUT2D eigenvalue weighted by atomic mass is 9.88. The summed E-state index contributed by atoms with van der Waals surface area (Å²) in [4.78, 5) is 27.3. The summed E-state index contributed by atoms with van der Waals surface area (Å²) in [6.45, 7) is 10.8. The Kier molecular flexibility index (Phi) is 8.54. The molecule has 1 aromatic carbocycles. The maximum Gasteiger partial charge on any atom is 0.407 e. The van der Waals surface area contributed by atoms with Gasteiger partial charge < -0.3 is 25.0 Å². The molecule has 33 heavy (non-hydrogen) atoms. The van der Waals surface area contributed by atoms with E-state index in [0.717, 1.165) is 31.5 Å². The molecule has 2 fully saturated rings. The van der Waals surface area contributed by atoms with E-state index in [1.165, 1.54) is 4.90 Å². The zero-order chi connectivity index (χ0) is 24.3. The fraction of sp³-hybridized carbons (Fsp3) is 0.667. The molecule has 9 heteroatoms. The van der Waals surface area contributed by atoms with E-state index < -0.39 is 6.09 Å². The number of rotatable bonds is 4. The predicted octanol–water partition coefficient (Wildman–Crippen LogP) is 4.47. The number of hydrogen-bond donors (Lipinski definition) is 2. The van der Waals surface area contributed by atoms with E-state index in [-0.39, 0.29) is 35.5 Å². The molecule has 2 heterocycles. The van der Waals surface area contributed by atoms with Gasteiger partial charge >= 0.3 is 6.09 Å². The van der Waals surface area contributed by atoms with E-state index in [2.05, 4.69) is 31.0 Å². The van der Waals surface area contributed by atoms with Crippen LogP contribution >= 0.6 is 23.2 Å². The molecule has 0 bridgehead atoms. The van der Waals surface area contributed by atoms with Crippen molar-refractivity contribution in [3.8, 4) is 0 Å². The number of halogens is 2. The van der Waals surface area contributed by atoms with Gasteiger partial charge in [0.2, 0.25) is 5.91 Å². The van der Waals surface area contributed by atoms with Crippen molar-refractivity contribution in [2.75, 3.05) is 32.7 Å². The smallest absolute Gasteiger partial charge is 0.407 e. The lowest BCUT2D eigenvalue weighted by molar-refractivity contribution is -0.120. The van der Waals surface area contributed by atoms with Crippen molar-refractivity contribution in [3.05, 3.63) is 33.8 Å². The number of nitrogens with one attached hydrogen (secondary N) is 1. The molecule has 3 rings (SSSR count). The van der Waals surface area contributed by atoms with Crippen molar-refractivity contribution < 1.29 is 19.4 Å². The maximum absolute atomic E-state index is 12.1. The molecule has 2 aliphatic rings. The topological polar surface area (TPSA) is 82.1 Å². The van der Waals surface area contributed by atoms with E-state index in [9.17, 15) is 14.7 Å². The third-order valence-electron chi connectivity index (χ3n) is 6.63. The summed E-state index contributed by atoms with van der Waals surface area (Å²) in [7, 11) is 0. The number of carboxylic acid groups (broad SMARTS) is 1. The van der Waals surface area contributed by atoms with Crippen LogP contribution in [0.2, 0.25) is 10.0 Å². The quantitative estimate of drug-likeness (QED) is 0.638. The average Bonchev–Trinajstić information content (AvgIpc) is 2.91. The predicted molar refractivity (Wildman–Crippen MR) is 130 cm³/mol. The highest BCUT2D eigenvalue weighted by Gasteiger charge is 2.40. The number of ether oxygens (including phenoxy) is 1. The minimum absolute atomic E-state index is 0.00186. The van der Waals surface area contributed by atoms with Gasteiger partial charge in [-0.1, -0.05) is 50.0 Å². The summed E-state index contributed by atoms with van der Waals surface area (Å²) in [6, 6.07) is 5.69. The Morgan fingerprint density at radius 2 is 1.82 bits per heavy atom. The van der Waals surface area contributed by atoms with Crippen LogP contribution in [0.25, 0.3) is 0 Å². The SMILES string of the molecule is CC(=O)NC1CCN(C[C@@H]2O[C@@H](C(C)(C)C)CN(C(=O)O)C[C@@H]2c2ccc(Cl)c(Cl)c2)CC1. The van der Waals surface area contributed by atoms with Crippen LogP contribution in [0.4, 0.5) is 4.79 Å². The molecule has 0 unspecified atom stereocenters. The summed E-state index contributed by atoms with van der Waals surface area (Å²) in [6.07, 6.45) is 0.354. The number of amides is 2. The second kappa shape index (κ2) is 10.8. The lowest BCUT2D eigenvalue weighted by Crippen LogP contribution is -2.48. The average molecular weight is 500 g/mol. The second-order valence-electron chi connectivity index (χ2n) is 10.3. The van der Waals surface area contributed by atoms with Crippen molar-refractivity contribution in [1.82, 2.24) is 15.1 Å². The molecular weight excluding hydrogens is 465 g/mol. The Labute approximate surface area is 206 Å². The van der Waals surface area contributed by atoms with E-state index in [0.29, 0.717) is 29.7 Å². The molecule has 3 atom stereocenters. The number of nitrogens with zero attached hydrogens (tertiary/aromatic N) is 2. The van der Waals surface area contributed by atoms with Gasteiger partial charge in [-0.2, -0.15) is 0 Å². The first kappa shape index (κ1) is 26.1. The number of carbonyl (C=O) groups excluding carboxylic acids is 1. The van der Waals surface area contributed by atoms with Crippen molar-refractivity contribution >= 4 is 35.2 Å². The summed E-state index contributed by atoms with van der Waals surface area (Å²) >= 11 is 12.5. The largest absolute Gasteiger partial charge is 0.465 e. The van der Waals surface area contributed by atoms with E-state index >= 15 is 0 Å². The third-order valence-corrected chi connectivity index (χ3v) is 7.37. The highest BCUT2D eigenvalue weighted by Crippen LogP contribution is 2.36. The number of benzene rings is 1. The summed E-state index contributed by atoms with van der Waals surface area (Å²) in [5, 5.41) is 13.8. The second-order valence-corrected chi connectivity index (χ2v) is 11.1. The molecule has 7 nitrogen and oxygen atoms in total. The highest BCUT2D eigenvalue weighted by atomic mass is 35.5. The Bertz CT molecular complexity index is 853. The molecule has 0 saturated carbocycles. The van der Waals surface area contributed by atoms with Crippen LogP contribution in [-0.4, -0.2) is 77.9 Å². The van der Waals surface area contributed by atoms with Gasteiger partial charge in [0.05, 0.1) is 28.8 Å². The standard InChI is InChI=1S/C24H35Cl2N3O4/c1-15(30)27-17-7-9-28(10-8-17)13-21-18(16-5-6-19(25)20(26)11-16)12-29(23(31)32)14-22(33-21)24(2,3)4/h5-6,11,17-18,21-22H,7-10,12-14H2,1-4H3,(H,27,30)(H,31,32)/t18-,21+,22-/m1/s1. The zero-order valence-electron chi connectivity index (χ0n) is 19.8. The minimum Gasteiger partial charge on any atom is -0.465 e. The Morgan fingerprint density at radius 3 is 2.36 bits per heavy atom. The van der Waals surface area contributed by atoms with Crippen molar-refractivity contribution in [1.29, 1.82) is 0 Å². The van der Waals surface area contributed by atoms with Gasteiger partial charge in [0.1, 0.15) is 0 Å². The van der Waals surface area contributed by atoms with Crippen LogP contribution in [-0.2, 0) is 9.53 Å². The van der Waals surface area contributed by atoms with Gasteiger partial charge in [0.15, 0.2) is 0 Å². The summed E-state index contributed by atoms with van der Waals surface area (Å²) < 4.78 is 6.70. The number of hydrogen-bond acceptors (Lipinski definition) is 4. The molecule has 0 spiro atoms. The van der Waals surface area contributed by atoms with Gasteiger partial charge in [0.25, 0.3) is 0 Å². The molecule has 1 aromatic rings. The van der Waals surface area contributed by atoms with Gasteiger partial charge in [-0.15, -0.1) is 0 Å². The summed E-state index contributed by atoms with van der Waals surface area (Å²) in [5.74, 6) is -0.182.